The highest BCUT2D eigenvalue weighted by atomic mass is 35.5. The number of amides is 1. The molecular weight excluding hydrogens is 318 g/mol. The van der Waals surface area contributed by atoms with Crippen LogP contribution in [0.15, 0.2) is 24.3 Å². The number of likely N-dealkylation sites (tertiary alicyclic amines) is 1. The zero-order valence-electron chi connectivity index (χ0n) is 13.4. The Balaban J connectivity index is 2.41. The van der Waals surface area contributed by atoms with Gasteiger partial charge in [-0.25, -0.2) is 4.79 Å². The lowest BCUT2D eigenvalue weighted by molar-refractivity contribution is -0.162. The van der Waals surface area contributed by atoms with Crippen molar-refractivity contribution in [1.82, 2.24) is 4.90 Å². The molecule has 1 aliphatic rings. The van der Waals surface area contributed by atoms with Crippen molar-refractivity contribution in [1.29, 1.82) is 0 Å². The minimum atomic E-state index is -1.38. The molecule has 0 bridgehead atoms. The maximum atomic E-state index is 12.7. The first-order valence-corrected chi connectivity index (χ1v) is 7.84. The number of carbonyl (C=O) groups excluding carboxylic acids is 2. The smallest absolute Gasteiger partial charge is 0.330 e. The monoisotopic (exact) mass is 337 g/mol. The van der Waals surface area contributed by atoms with Crippen LogP contribution in [-0.2, 0) is 9.59 Å². The number of hydrogen-bond acceptors (Lipinski definition) is 3. The molecule has 0 saturated carbocycles. The summed E-state index contributed by atoms with van der Waals surface area (Å²) in [5.41, 5.74) is -1.90. The third-order valence-electron chi connectivity index (χ3n) is 4.50. The SMILES string of the molecule is CC(C)(C)[C@@]1(C(=O)O)CCCN1C(=O)C(=O)c1cccc(Cl)c1. The van der Waals surface area contributed by atoms with E-state index in [1.807, 2.05) is 0 Å². The van der Waals surface area contributed by atoms with Gasteiger partial charge in [0, 0.05) is 17.1 Å². The quantitative estimate of drug-likeness (QED) is 0.679. The Hall–Kier alpha value is -1.88. The second-order valence-corrected chi connectivity index (χ2v) is 7.25. The number of hydrogen-bond donors (Lipinski definition) is 1. The number of carboxylic acids is 1. The van der Waals surface area contributed by atoms with Gasteiger partial charge in [-0.2, -0.15) is 0 Å². The molecule has 1 atom stereocenters. The molecule has 1 heterocycles. The molecule has 1 fully saturated rings. The van der Waals surface area contributed by atoms with Crippen molar-refractivity contribution in [2.75, 3.05) is 6.54 Å². The Morgan fingerprint density at radius 2 is 1.91 bits per heavy atom. The lowest BCUT2D eigenvalue weighted by Crippen LogP contribution is -2.61. The Morgan fingerprint density at radius 1 is 1.26 bits per heavy atom. The van der Waals surface area contributed by atoms with Gasteiger partial charge in [0.25, 0.3) is 5.91 Å². The van der Waals surface area contributed by atoms with E-state index in [0.717, 1.165) is 0 Å². The van der Waals surface area contributed by atoms with E-state index in [4.69, 9.17) is 11.6 Å². The van der Waals surface area contributed by atoms with E-state index in [9.17, 15) is 19.5 Å². The second kappa shape index (κ2) is 5.96. The highest BCUT2D eigenvalue weighted by molar-refractivity contribution is 6.43. The number of benzene rings is 1. The number of halogens is 1. The second-order valence-electron chi connectivity index (χ2n) is 6.82. The summed E-state index contributed by atoms with van der Waals surface area (Å²) in [5.74, 6) is -2.60. The summed E-state index contributed by atoms with van der Waals surface area (Å²) < 4.78 is 0. The van der Waals surface area contributed by atoms with Crippen molar-refractivity contribution in [2.24, 2.45) is 5.41 Å². The van der Waals surface area contributed by atoms with Gasteiger partial charge in [0.15, 0.2) is 0 Å². The van der Waals surface area contributed by atoms with Crippen molar-refractivity contribution >= 4 is 29.3 Å². The van der Waals surface area contributed by atoms with E-state index in [0.29, 0.717) is 17.9 Å². The van der Waals surface area contributed by atoms with Gasteiger partial charge in [0.2, 0.25) is 5.78 Å². The Labute approximate surface area is 140 Å². The van der Waals surface area contributed by atoms with Crippen LogP contribution >= 0.6 is 11.6 Å². The van der Waals surface area contributed by atoms with Crippen molar-refractivity contribution in [2.45, 2.75) is 39.2 Å². The summed E-state index contributed by atoms with van der Waals surface area (Å²) >= 11 is 5.86. The van der Waals surface area contributed by atoms with Crippen LogP contribution < -0.4 is 0 Å². The summed E-state index contributed by atoms with van der Waals surface area (Å²) in [4.78, 5) is 38.4. The molecule has 0 aromatic heterocycles. The fourth-order valence-electron chi connectivity index (χ4n) is 3.29. The van der Waals surface area contributed by atoms with E-state index in [1.165, 1.54) is 17.0 Å². The number of nitrogens with zero attached hydrogens (tertiary/aromatic N) is 1. The van der Waals surface area contributed by atoms with Crippen LogP contribution in [0.1, 0.15) is 44.0 Å². The number of carboxylic acid groups (broad SMARTS) is 1. The fraction of sp³-hybridized carbons (Fsp3) is 0.471. The van der Waals surface area contributed by atoms with Gasteiger partial charge in [-0.15, -0.1) is 0 Å². The molecule has 124 valence electrons. The van der Waals surface area contributed by atoms with Crippen LogP contribution in [0, 0.1) is 5.41 Å². The standard InChI is InChI=1S/C17H20ClNO4/c1-16(2,3)17(15(22)23)8-5-9-19(17)14(21)13(20)11-6-4-7-12(18)10-11/h4,6-7,10H,5,8-9H2,1-3H3,(H,22,23)/t17-/m0/s1. The molecule has 0 spiro atoms. The van der Waals surface area contributed by atoms with E-state index < -0.39 is 28.6 Å². The molecule has 1 amide bonds. The molecule has 1 saturated heterocycles. The van der Waals surface area contributed by atoms with Gasteiger partial charge < -0.3 is 10.0 Å². The first kappa shape index (κ1) is 17.5. The summed E-state index contributed by atoms with van der Waals surface area (Å²) in [6.45, 7) is 5.58. The van der Waals surface area contributed by atoms with Crippen molar-refractivity contribution in [3.8, 4) is 0 Å². The van der Waals surface area contributed by atoms with Gasteiger partial charge >= 0.3 is 5.97 Å². The first-order chi connectivity index (χ1) is 10.6. The highest BCUT2D eigenvalue weighted by Gasteiger charge is 2.58. The van der Waals surface area contributed by atoms with Crippen LogP contribution in [0.5, 0.6) is 0 Å². The predicted octanol–water partition coefficient (Wildman–Crippen LogP) is 3.01. The minimum absolute atomic E-state index is 0.169. The molecule has 5 nitrogen and oxygen atoms in total. The lowest BCUT2D eigenvalue weighted by atomic mass is 9.71. The molecule has 6 heteroatoms. The molecule has 2 rings (SSSR count). The highest BCUT2D eigenvalue weighted by Crippen LogP contribution is 2.44. The topological polar surface area (TPSA) is 74.7 Å². The third kappa shape index (κ3) is 2.85. The molecule has 0 radical (unpaired) electrons. The average molecular weight is 338 g/mol. The van der Waals surface area contributed by atoms with Gasteiger partial charge in [-0.1, -0.05) is 44.5 Å². The van der Waals surface area contributed by atoms with Gasteiger partial charge in [0.1, 0.15) is 5.54 Å². The number of rotatable bonds is 3. The average Bonchev–Trinajstić information content (AvgIpc) is 2.91. The van der Waals surface area contributed by atoms with E-state index in [2.05, 4.69) is 0 Å². The first-order valence-electron chi connectivity index (χ1n) is 7.46. The van der Waals surface area contributed by atoms with Crippen molar-refractivity contribution in [3.63, 3.8) is 0 Å². The van der Waals surface area contributed by atoms with E-state index in [-0.39, 0.29) is 12.1 Å². The maximum absolute atomic E-state index is 12.7. The van der Waals surface area contributed by atoms with Crippen molar-refractivity contribution in [3.05, 3.63) is 34.9 Å². The number of ketones is 1. The zero-order valence-corrected chi connectivity index (χ0v) is 14.2. The van der Waals surface area contributed by atoms with Gasteiger partial charge in [-0.3, -0.25) is 9.59 Å². The molecule has 0 unspecified atom stereocenters. The summed E-state index contributed by atoms with van der Waals surface area (Å²) in [6.07, 6.45) is 0.887. The van der Waals surface area contributed by atoms with Crippen LogP contribution in [0.4, 0.5) is 0 Å². The maximum Gasteiger partial charge on any atom is 0.330 e. The van der Waals surface area contributed by atoms with Gasteiger partial charge in [-0.05, 0) is 30.4 Å². The number of carbonyl (C=O) groups is 3. The molecular formula is C17H20ClNO4. The zero-order chi connectivity index (χ0) is 17.4. The molecule has 1 aromatic rings. The number of Topliss-reactive ketones (excluding diaryl/α,β-unsaturated/α-hetero) is 1. The number of aliphatic carboxylic acids is 1. The lowest BCUT2D eigenvalue weighted by Gasteiger charge is -2.44. The van der Waals surface area contributed by atoms with E-state index in [1.54, 1.807) is 32.9 Å². The van der Waals surface area contributed by atoms with Gasteiger partial charge in [0.05, 0.1) is 0 Å². The van der Waals surface area contributed by atoms with Crippen molar-refractivity contribution < 1.29 is 19.5 Å². The van der Waals surface area contributed by atoms with E-state index >= 15 is 0 Å². The molecule has 1 aromatic carbocycles. The van der Waals surface area contributed by atoms with Crippen LogP contribution in [0.3, 0.4) is 0 Å². The Morgan fingerprint density at radius 3 is 2.43 bits per heavy atom. The largest absolute Gasteiger partial charge is 0.479 e. The molecule has 1 N–H and O–H groups in total. The van der Waals surface area contributed by atoms with Crippen LogP contribution in [0.2, 0.25) is 5.02 Å². The normalized spacial score (nSPS) is 21.3. The minimum Gasteiger partial charge on any atom is -0.479 e. The molecule has 23 heavy (non-hydrogen) atoms. The summed E-state index contributed by atoms with van der Waals surface area (Å²) in [6, 6.07) is 6.11. The predicted molar refractivity (Wildman–Crippen MR) is 86.6 cm³/mol. The fourth-order valence-corrected chi connectivity index (χ4v) is 3.48. The summed E-state index contributed by atoms with van der Waals surface area (Å²) in [7, 11) is 0. The molecule has 0 aliphatic carbocycles. The molecule has 1 aliphatic heterocycles. The Kier molecular flexibility index (Phi) is 4.53. The Bertz CT molecular complexity index is 665. The summed E-state index contributed by atoms with van der Waals surface area (Å²) in [5, 5.41) is 10.1. The van der Waals surface area contributed by atoms with Crippen LogP contribution in [-0.4, -0.2) is 39.7 Å². The van der Waals surface area contributed by atoms with Crippen LogP contribution in [0.25, 0.3) is 0 Å². The third-order valence-corrected chi connectivity index (χ3v) is 4.74.